The van der Waals surface area contributed by atoms with E-state index in [9.17, 15) is 18.0 Å². The molecule has 1 heterocycles. The first kappa shape index (κ1) is 27.4. The highest BCUT2D eigenvalue weighted by molar-refractivity contribution is 7.97. The van der Waals surface area contributed by atoms with Crippen molar-refractivity contribution in [1.29, 1.82) is 0 Å². The number of thiazole rings is 1. The third kappa shape index (κ3) is 10.4. The first-order valence-electron chi connectivity index (χ1n) is 10.2. The standard InChI is InChI=1S/C20H28N6O5S3/c1-14(9-10-21-18(25-32-2)26-34(3,29)30)16(17(27)24-19-22-11-12-33-19)23-20(28)31-13-15-7-5-4-6-8-15/h4-8,11-12,14,16H,9-10,13H2,1-3H3,(H,23,28)(H2,21,25,26)(H,22,24,27)/t14-,16+/m1/s1. The summed E-state index contributed by atoms with van der Waals surface area (Å²) in [5.74, 6) is -0.720. The quantitative estimate of drug-likeness (QED) is 0.197. The number of hydrogen-bond acceptors (Lipinski definition) is 9. The van der Waals surface area contributed by atoms with Crippen molar-refractivity contribution in [3.8, 4) is 0 Å². The molecule has 0 aliphatic carbocycles. The summed E-state index contributed by atoms with van der Waals surface area (Å²) in [6.45, 7) is 2.05. The molecule has 1 aromatic carbocycles. The Labute approximate surface area is 207 Å². The second-order valence-electron chi connectivity index (χ2n) is 7.19. The zero-order valence-electron chi connectivity index (χ0n) is 19.0. The monoisotopic (exact) mass is 528 g/mol. The molecule has 2 aromatic rings. The Morgan fingerprint density at radius 1 is 1.26 bits per heavy atom. The molecule has 0 fully saturated rings. The lowest BCUT2D eigenvalue weighted by atomic mass is 9.97. The van der Waals surface area contributed by atoms with E-state index in [1.54, 1.807) is 24.8 Å². The van der Waals surface area contributed by atoms with E-state index in [2.05, 4.69) is 30.1 Å². The van der Waals surface area contributed by atoms with E-state index in [4.69, 9.17) is 4.74 Å². The van der Waals surface area contributed by atoms with Crippen molar-refractivity contribution in [3.63, 3.8) is 0 Å². The number of carbonyl (C=O) groups excluding carboxylic acids is 2. The summed E-state index contributed by atoms with van der Waals surface area (Å²) in [7, 11) is -3.50. The molecule has 0 radical (unpaired) electrons. The number of anilines is 1. The minimum atomic E-state index is -3.50. The van der Waals surface area contributed by atoms with Crippen molar-refractivity contribution in [1.82, 2.24) is 19.7 Å². The van der Waals surface area contributed by atoms with E-state index in [1.165, 1.54) is 23.3 Å². The van der Waals surface area contributed by atoms with Gasteiger partial charge in [-0.3, -0.25) is 19.2 Å². The lowest BCUT2D eigenvalue weighted by Crippen LogP contribution is -2.48. The third-order valence-corrected chi connectivity index (χ3v) is 5.99. The number of rotatable bonds is 11. The number of aromatic nitrogens is 1. The average molecular weight is 529 g/mol. The minimum absolute atomic E-state index is 0.0625. The number of ether oxygens (including phenoxy) is 1. The van der Waals surface area contributed by atoms with Crippen LogP contribution in [0.3, 0.4) is 0 Å². The summed E-state index contributed by atoms with van der Waals surface area (Å²) >= 11 is 2.44. The van der Waals surface area contributed by atoms with Crippen LogP contribution in [0.2, 0.25) is 0 Å². The van der Waals surface area contributed by atoms with Gasteiger partial charge in [0.1, 0.15) is 12.6 Å². The summed E-state index contributed by atoms with van der Waals surface area (Å²) in [5, 5.41) is 7.44. The Hall–Kier alpha value is -2.84. The molecule has 14 heteroatoms. The molecule has 0 spiro atoms. The van der Waals surface area contributed by atoms with Crippen molar-refractivity contribution in [2.75, 3.05) is 24.4 Å². The Morgan fingerprint density at radius 3 is 2.62 bits per heavy atom. The fraction of sp³-hybridized carbons (Fsp3) is 0.400. The van der Waals surface area contributed by atoms with Crippen LogP contribution in [0.15, 0.2) is 46.9 Å². The summed E-state index contributed by atoms with van der Waals surface area (Å²) in [5.41, 5.74) is 0.816. The van der Waals surface area contributed by atoms with Gasteiger partial charge in [0.15, 0.2) is 5.13 Å². The van der Waals surface area contributed by atoms with E-state index in [1.807, 2.05) is 30.3 Å². The van der Waals surface area contributed by atoms with Crippen LogP contribution in [0.1, 0.15) is 18.9 Å². The zero-order valence-corrected chi connectivity index (χ0v) is 21.4. The van der Waals surface area contributed by atoms with Crippen molar-refractivity contribution in [2.45, 2.75) is 26.0 Å². The number of amides is 2. The van der Waals surface area contributed by atoms with E-state index in [0.717, 1.165) is 11.8 Å². The highest BCUT2D eigenvalue weighted by atomic mass is 32.2. The summed E-state index contributed by atoms with van der Waals surface area (Å²) in [6, 6.07) is 8.25. The zero-order chi connectivity index (χ0) is 25.0. The minimum Gasteiger partial charge on any atom is -0.445 e. The van der Waals surface area contributed by atoms with Crippen LogP contribution in [0.5, 0.6) is 0 Å². The molecule has 186 valence electrons. The summed E-state index contributed by atoms with van der Waals surface area (Å²) in [4.78, 5) is 33.6. The number of aliphatic imine (C=N–C) groups is 1. The van der Waals surface area contributed by atoms with Crippen LogP contribution in [-0.2, 0) is 26.2 Å². The van der Waals surface area contributed by atoms with Crippen LogP contribution in [-0.4, -0.2) is 56.5 Å². The number of guanidine groups is 1. The predicted molar refractivity (Wildman–Crippen MR) is 135 cm³/mol. The molecular weight excluding hydrogens is 500 g/mol. The molecular formula is C20H28N6O5S3. The van der Waals surface area contributed by atoms with Gasteiger partial charge in [0.2, 0.25) is 21.9 Å². The maximum absolute atomic E-state index is 12.9. The lowest BCUT2D eigenvalue weighted by molar-refractivity contribution is -0.119. The van der Waals surface area contributed by atoms with E-state index in [0.29, 0.717) is 11.6 Å². The highest BCUT2D eigenvalue weighted by Crippen LogP contribution is 2.15. The number of nitrogens with one attached hydrogen (secondary N) is 4. The number of alkyl carbamates (subject to hydrolysis) is 1. The van der Waals surface area contributed by atoms with Gasteiger partial charge in [-0.15, -0.1) is 11.3 Å². The molecule has 0 bridgehead atoms. The van der Waals surface area contributed by atoms with Gasteiger partial charge in [-0.2, -0.15) is 0 Å². The average Bonchev–Trinajstić information content (AvgIpc) is 3.28. The maximum atomic E-state index is 12.9. The molecule has 4 N–H and O–H groups in total. The van der Waals surface area contributed by atoms with Crippen molar-refractivity contribution in [2.24, 2.45) is 10.9 Å². The first-order valence-corrected chi connectivity index (χ1v) is 14.2. The molecule has 0 saturated carbocycles. The number of nitrogens with zero attached hydrogens (tertiary/aromatic N) is 2. The smallest absolute Gasteiger partial charge is 0.408 e. The number of hydrogen-bond donors (Lipinski definition) is 4. The molecule has 34 heavy (non-hydrogen) atoms. The van der Waals surface area contributed by atoms with Gasteiger partial charge in [-0.1, -0.05) is 49.2 Å². The van der Waals surface area contributed by atoms with Gasteiger partial charge in [0.25, 0.3) is 0 Å². The number of benzene rings is 1. The molecule has 2 rings (SSSR count). The fourth-order valence-electron chi connectivity index (χ4n) is 2.73. The van der Waals surface area contributed by atoms with Gasteiger partial charge in [0.05, 0.1) is 6.26 Å². The van der Waals surface area contributed by atoms with Gasteiger partial charge in [-0.05, 0) is 17.9 Å². The largest absolute Gasteiger partial charge is 0.445 e. The van der Waals surface area contributed by atoms with E-state index in [-0.39, 0.29) is 25.0 Å². The van der Waals surface area contributed by atoms with Crippen molar-refractivity contribution < 1.29 is 22.7 Å². The van der Waals surface area contributed by atoms with Gasteiger partial charge in [-0.25, -0.2) is 18.2 Å². The molecule has 0 unspecified atom stereocenters. The number of carbonyl (C=O) groups is 2. The fourth-order valence-corrected chi connectivity index (χ4v) is 4.10. The van der Waals surface area contributed by atoms with Crippen molar-refractivity contribution >= 4 is 56.4 Å². The normalized spacial score (nSPS) is 13.4. The van der Waals surface area contributed by atoms with Gasteiger partial charge in [0, 0.05) is 24.4 Å². The Bertz CT molecular complexity index is 1050. The van der Waals surface area contributed by atoms with Crippen LogP contribution >= 0.6 is 23.3 Å². The van der Waals surface area contributed by atoms with Crippen LogP contribution in [0, 0.1) is 5.92 Å². The lowest BCUT2D eigenvalue weighted by Gasteiger charge is -2.23. The van der Waals surface area contributed by atoms with E-state index >= 15 is 0 Å². The van der Waals surface area contributed by atoms with Crippen LogP contribution in [0.25, 0.3) is 0 Å². The molecule has 2 atom stereocenters. The Balaban J connectivity index is 2.03. The van der Waals surface area contributed by atoms with Crippen LogP contribution < -0.4 is 20.1 Å². The van der Waals surface area contributed by atoms with Gasteiger partial charge < -0.3 is 15.4 Å². The number of sulfonamides is 1. The molecule has 2 amide bonds. The Kier molecular flexibility index (Phi) is 11.1. The molecule has 0 saturated heterocycles. The van der Waals surface area contributed by atoms with Crippen LogP contribution in [0.4, 0.5) is 9.93 Å². The van der Waals surface area contributed by atoms with E-state index < -0.39 is 28.1 Å². The molecule has 11 nitrogen and oxygen atoms in total. The topological polar surface area (TPSA) is 151 Å². The summed E-state index contributed by atoms with van der Waals surface area (Å²) < 4.78 is 33.3. The molecule has 0 aliphatic rings. The SMILES string of the molecule is CSNC(=NCC[C@@H](C)[C@H](NC(=O)OCc1ccccc1)C(=O)Nc1nccs1)NS(C)(=O)=O. The predicted octanol–water partition coefficient (Wildman–Crippen LogP) is 2.18. The highest BCUT2D eigenvalue weighted by Gasteiger charge is 2.28. The van der Waals surface area contributed by atoms with Crippen molar-refractivity contribution in [3.05, 3.63) is 47.5 Å². The molecule has 0 aliphatic heterocycles. The third-order valence-electron chi connectivity index (χ3n) is 4.34. The second kappa shape index (κ2) is 13.8. The maximum Gasteiger partial charge on any atom is 0.408 e. The summed E-state index contributed by atoms with van der Waals surface area (Å²) in [6.07, 6.45) is 3.95. The first-order chi connectivity index (χ1) is 16.2. The van der Waals surface area contributed by atoms with Gasteiger partial charge >= 0.3 is 6.09 Å². The second-order valence-corrected chi connectivity index (χ2v) is 10.4. The molecule has 1 aromatic heterocycles. The Morgan fingerprint density at radius 2 is 2.00 bits per heavy atom.